The average Bonchev–Trinajstić information content (AvgIpc) is 2.68. The van der Waals surface area contributed by atoms with Gasteiger partial charge in [-0.2, -0.15) is 5.10 Å². The standard InChI is InChI=1S/C12H20N4O3/c1-4-6-9(11(17)18)13-12(19)14-10-7-16(3)15-8(10)5-2/h7,9H,4-6H2,1-3H3,(H,17,18)(H2,13,14,19). The largest absolute Gasteiger partial charge is 0.480 e. The van der Waals surface area contributed by atoms with E-state index in [4.69, 9.17) is 5.11 Å². The fourth-order valence-corrected chi connectivity index (χ4v) is 1.76. The molecule has 19 heavy (non-hydrogen) atoms. The van der Waals surface area contributed by atoms with Crippen LogP contribution in [0.15, 0.2) is 6.20 Å². The molecule has 106 valence electrons. The summed E-state index contributed by atoms with van der Waals surface area (Å²) in [6.45, 7) is 3.80. The number of aromatic nitrogens is 2. The van der Waals surface area contributed by atoms with Crippen molar-refractivity contribution in [1.82, 2.24) is 15.1 Å². The van der Waals surface area contributed by atoms with Crippen LogP contribution < -0.4 is 10.6 Å². The minimum Gasteiger partial charge on any atom is -0.480 e. The molecule has 3 N–H and O–H groups in total. The number of urea groups is 1. The van der Waals surface area contributed by atoms with Gasteiger partial charge in [-0.05, 0) is 12.8 Å². The first-order valence-corrected chi connectivity index (χ1v) is 6.30. The zero-order valence-corrected chi connectivity index (χ0v) is 11.4. The lowest BCUT2D eigenvalue weighted by Gasteiger charge is -2.14. The summed E-state index contributed by atoms with van der Waals surface area (Å²) in [7, 11) is 1.76. The first kappa shape index (κ1) is 15.0. The van der Waals surface area contributed by atoms with Crippen molar-refractivity contribution in [2.24, 2.45) is 7.05 Å². The van der Waals surface area contributed by atoms with Crippen LogP contribution in [0.1, 0.15) is 32.4 Å². The number of nitrogens with zero attached hydrogens (tertiary/aromatic N) is 2. The number of aliphatic carboxylic acids is 1. The van der Waals surface area contributed by atoms with Crippen LogP contribution in [-0.4, -0.2) is 32.9 Å². The van der Waals surface area contributed by atoms with Crippen LogP contribution in [0.25, 0.3) is 0 Å². The summed E-state index contributed by atoms with van der Waals surface area (Å²) in [4.78, 5) is 22.7. The number of hydrogen-bond donors (Lipinski definition) is 3. The first-order chi connectivity index (χ1) is 8.97. The van der Waals surface area contributed by atoms with Crippen molar-refractivity contribution in [2.45, 2.75) is 39.2 Å². The summed E-state index contributed by atoms with van der Waals surface area (Å²) in [6.07, 6.45) is 3.46. The lowest BCUT2D eigenvalue weighted by Crippen LogP contribution is -2.42. The van der Waals surface area contributed by atoms with Crippen LogP contribution in [0.5, 0.6) is 0 Å². The Balaban J connectivity index is 2.65. The molecule has 1 aromatic rings. The average molecular weight is 268 g/mol. The topological polar surface area (TPSA) is 96.3 Å². The zero-order chi connectivity index (χ0) is 14.4. The summed E-state index contributed by atoms with van der Waals surface area (Å²) in [5.74, 6) is -1.03. The molecule has 7 heteroatoms. The number of carbonyl (C=O) groups excluding carboxylic acids is 1. The van der Waals surface area contributed by atoms with Crippen molar-refractivity contribution in [2.75, 3.05) is 5.32 Å². The fourth-order valence-electron chi connectivity index (χ4n) is 1.76. The maximum atomic E-state index is 11.8. The molecule has 2 amide bonds. The number of aryl methyl sites for hydroxylation is 2. The van der Waals surface area contributed by atoms with E-state index in [0.717, 1.165) is 5.69 Å². The molecule has 1 rings (SSSR count). The lowest BCUT2D eigenvalue weighted by molar-refractivity contribution is -0.139. The highest BCUT2D eigenvalue weighted by Crippen LogP contribution is 2.13. The third kappa shape index (κ3) is 4.27. The van der Waals surface area contributed by atoms with Crippen molar-refractivity contribution in [3.8, 4) is 0 Å². The van der Waals surface area contributed by atoms with E-state index in [-0.39, 0.29) is 0 Å². The fraction of sp³-hybridized carbons (Fsp3) is 0.583. The second kappa shape index (κ2) is 6.77. The molecule has 0 aliphatic heterocycles. The summed E-state index contributed by atoms with van der Waals surface area (Å²) in [6, 6.07) is -1.39. The smallest absolute Gasteiger partial charge is 0.326 e. The second-order valence-electron chi connectivity index (χ2n) is 4.29. The Hall–Kier alpha value is -2.05. The Kier molecular flexibility index (Phi) is 5.35. The molecule has 7 nitrogen and oxygen atoms in total. The van der Waals surface area contributed by atoms with Gasteiger partial charge in [-0.25, -0.2) is 9.59 Å². The highest BCUT2D eigenvalue weighted by Gasteiger charge is 2.19. The van der Waals surface area contributed by atoms with Gasteiger partial charge in [0.2, 0.25) is 0 Å². The first-order valence-electron chi connectivity index (χ1n) is 6.30. The molecule has 1 heterocycles. The summed E-state index contributed by atoms with van der Waals surface area (Å²) in [5, 5.41) is 18.2. The van der Waals surface area contributed by atoms with Crippen LogP contribution in [0.2, 0.25) is 0 Å². The summed E-state index contributed by atoms with van der Waals surface area (Å²) >= 11 is 0. The third-order valence-electron chi connectivity index (χ3n) is 2.67. The van der Waals surface area contributed by atoms with Gasteiger partial charge in [0.15, 0.2) is 0 Å². The van der Waals surface area contributed by atoms with Crippen molar-refractivity contribution >= 4 is 17.7 Å². The highest BCUT2D eigenvalue weighted by atomic mass is 16.4. The maximum absolute atomic E-state index is 11.8. The number of carbonyl (C=O) groups is 2. The quantitative estimate of drug-likeness (QED) is 0.725. The molecule has 0 aliphatic rings. The van der Waals surface area contributed by atoms with Gasteiger partial charge in [-0.15, -0.1) is 0 Å². The molecule has 0 aromatic carbocycles. The van der Waals surface area contributed by atoms with E-state index in [2.05, 4.69) is 15.7 Å². The molecular weight excluding hydrogens is 248 g/mol. The number of anilines is 1. The number of nitrogens with one attached hydrogen (secondary N) is 2. The van der Waals surface area contributed by atoms with Crippen LogP contribution in [0.3, 0.4) is 0 Å². The maximum Gasteiger partial charge on any atom is 0.326 e. The van der Waals surface area contributed by atoms with Crippen LogP contribution in [0.4, 0.5) is 10.5 Å². The van der Waals surface area contributed by atoms with Gasteiger partial charge in [-0.3, -0.25) is 4.68 Å². The SMILES string of the molecule is CCCC(NC(=O)Nc1cn(C)nc1CC)C(=O)O. The van der Waals surface area contributed by atoms with E-state index in [1.54, 1.807) is 17.9 Å². The molecule has 0 bridgehead atoms. The molecule has 0 aliphatic carbocycles. The van der Waals surface area contributed by atoms with E-state index >= 15 is 0 Å². The molecule has 0 radical (unpaired) electrons. The molecule has 0 spiro atoms. The molecule has 1 unspecified atom stereocenters. The molecule has 1 atom stereocenters. The minimum atomic E-state index is -1.03. The second-order valence-corrected chi connectivity index (χ2v) is 4.29. The van der Waals surface area contributed by atoms with Crippen molar-refractivity contribution in [1.29, 1.82) is 0 Å². The Morgan fingerprint density at radius 3 is 2.68 bits per heavy atom. The van der Waals surface area contributed by atoms with Crippen molar-refractivity contribution in [3.05, 3.63) is 11.9 Å². The van der Waals surface area contributed by atoms with Crippen LogP contribution in [0, 0.1) is 0 Å². The van der Waals surface area contributed by atoms with Gasteiger partial charge in [0, 0.05) is 13.2 Å². The lowest BCUT2D eigenvalue weighted by atomic mass is 10.2. The number of carboxylic acid groups (broad SMARTS) is 1. The molecule has 0 fully saturated rings. The van der Waals surface area contributed by atoms with Gasteiger partial charge in [0.25, 0.3) is 0 Å². The summed E-state index contributed by atoms with van der Waals surface area (Å²) in [5.41, 5.74) is 1.36. The predicted molar refractivity (Wildman–Crippen MR) is 71.1 cm³/mol. The molecular formula is C12H20N4O3. The predicted octanol–water partition coefficient (Wildman–Crippen LogP) is 1.36. The van der Waals surface area contributed by atoms with Gasteiger partial charge in [0.1, 0.15) is 6.04 Å². The van der Waals surface area contributed by atoms with E-state index in [0.29, 0.717) is 24.9 Å². The van der Waals surface area contributed by atoms with E-state index in [1.165, 1.54) is 0 Å². The number of amides is 2. The van der Waals surface area contributed by atoms with Gasteiger partial charge in [-0.1, -0.05) is 20.3 Å². The highest BCUT2D eigenvalue weighted by molar-refractivity contribution is 5.92. The van der Waals surface area contributed by atoms with Crippen LogP contribution >= 0.6 is 0 Å². The zero-order valence-electron chi connectivity index (χ0n) is 11.4. The van der Waals surface area contributed by atoms with E-state index in [1.807, 2.05) is 13.8 Å². The Morgan fingerprint density at radius 1 is 1.47 bits per heavy atom. The molecule has 0 saturated carbocycles. The Labute approximate surface area is 112 Å². The van der Waals surface area contributed by atoms with Gasteiger partial charge >= 0.3 is 12.0 Å². The Bertz CT molecular complexity index is 456. The van der Waals surface area contributed by atoms with Crippen LogP contribution in [-0.2, 0) is 18.3 Å². The molecule has 1 aromatic heterocycles. The van der Waals surface area contributed by atoms with Crippen molar-refractivity contribution < 1.29 is 14.7 Å². The Morgan fingerprint density at radius 2 is 2.16 bits per heavy atom. The van der Waals surface area contributed by atoms with Gasteiger partial charge in [0.05, 0.1) is 11.4 Å². The van der Waals surface area contributed by atoms with E-state index in [9.17, 15) is 9.59 Å². The normalized spacial score (nSPS) is 11.9. The minimum absolute atomic E-state index is 0.399. The summed E-state index contributed by atoms with van der Waals surface area (Å²) < 4.78 is 1.61. The number of hydrogen-bond acceptors (Lipinski definition) is 3. The number of rotatable bonds is 6. The van der Waals surface area contributed by atoms with Gasteiger partial charge < -0.3 is 15.7 Å². The monoisotopic (exact) mass is 268 g/mol. The van der Waals surface area contributed by atoms with E-state index < -0.39 is 18.0 Å². The van der Waals surface area contributed by atoms with Crippen molar-refractivity contribution in [3.63, 3.8) is 0 Å². The molecule has 0 saturated heterocycles. The third-order valence-corrected chi connectivity index (χ3v) is 2.67. The number of carboxylic acids is 1.